The second kappa shape index (κ2) is 4.16. The van der Waals surface area contributed by atoms with Crippen molar-refractivity contribution >= 4 is 18.7 Å². The summed E-state index contributed by atoms with van der Waals surface area (Å²) >= 11 is 0. The first-order chi connectivity index (χ1) is 6.88. The summed E-state index contributed by atoms with van der Waals surface area (Å²) < 4.78 is 35.5. The molecule has 0 saturated carbocycles. The molecule has 1 rings (SSSR count). The molecule has 15 heavy (non-hydrogen) atoms. The van der Waals surface area contributed by atoms with Gasteiger partial charge in [-0.2, -0.15) is 0 Å². The number of hydrogen-bond donors (Lipinski definition) is 0. The number of nitrogens with zero attached hydrogens (tertiary/aromatic N) is 1. The molecule has 1 aromatic carbocycles. The third-order valence-corrected chi connectivity index (χ3v) is 1.59. The highest BCUT2D eigenvalue weighted by Crippen LogP contribution is 2.17. The molecule has 0 aliphatic carbocycles. The molecule has 0 bridgehead atoms. The summed E-state index contributed by atoms with van der Waals surface area (Å²) in [5.41, 5.74) is -0.0739. The van der Waals surface area contributed by atoms with Crippen molar-refractivity contribution in [1.82, 2.24) is 0 Å². The van der Waals surface area contributed by atoms with Gasteiger partial charge in [0.2, 0.25) is 0 Å². The summed E-state index contributed by atoms with van der Waals surface area (Å²) in [6.45, 7) is -5.01. The van der Waals surface area contributed by atoms with Gasteiger partial charge in [0.25, 0.3) is 5.69 Å². The summed E-state index contributed by atoms with van der Waals surface area (Å²) in [6.07, 6.45) is 0.812. The second-order valence-corrected chi connectivity index (χ2v) is 2.84. The molecule has 3 nitrogen and oxygen atoms in total. The minimum absolute atomic E-state index is 0.0963. The molecular weight excluding hydrogens is 210 g/mol. The zero-order valence-electron chi connectivity index (χ0n) is 7.44. The van der Waals surface area contributed by atoms with E-state index in [0.717, 1.165) is 12.1 Å². The number of nitro groups is 1. The Morgan fingerprint density at radius 1 is 1.33 bits per heavy atom. The van der Waals surface area contributed by atoms with Gasteiger partial charge < -0.3 is 12.9 Å². The fourth-order valence-corrected chi connectivity index (χ4v) is 0.962. The first-order valence-electron chi connectivity index (χ1n) is 4.02. The van der Waals surface area contributed by atoms with Crippen LogP contribution < -0.4 is 0 Å². The molecule has 80 valence electrons. The monoisotopic (exact) mass is 216 g/mol. The van der Waals surface area contributed by atoms with Crippen molar-refractivity contribution < 1.29 is 17.9 Å². The molecule has 0 aliphatic heterocycles. The lowest BCUT2D eigenvalue weighted by molar-refractivity contribution is -0.384. The minimum atomic E-state index is -5.01. The highest BCUT2D eigenvalue weighted by Gasteiger charge is 2.17. The Kier molecular flexibility index (Phi) is 3.13. The number of rotatable bonds is 3. The van der Waals surface area contributed by atoms with Gasteiger partial charge in [0, 0.05) is 12.1 Å². The van der Waals surface area contributed by atoms with Crippen molar-refractivity contribution in [2.75, 3.05) is 0 Å². The van der Waals surface area contributed by atoms with Crippen LogP contribution in [0.1, 0.15) is 5.56 Å². The average Bonchev–Trinajstić information content (AvgIpc) is 2.14. The normalized spacial score (nSPS) is 11.9. The van der Waals surface area contributed by atoms with Gasteiger partial charge in [-0.1, -0.05) is 18.2 Å². The third-order valence-electron chi connectivity index (χ3n) is 1.59. The van der Waals surface area contributed by atoms with Gasteiger partial charge in [-0.3, -0.25) is 10.1 Å². The van der Waals surface area contributed by atoms with Gasteiger partial charge in [0.15, 0.2) is 0 Å². The van der Waals surface area contributed by atoms with Crippen LogP contribution in [-0.4, -0.2) is 11.9 Å². The van der Waals surface area contributed by atoms with Crippen molar-refractivity contribution in [2.24, 2.45) is 0 Å². The van der Waals surface area contributed by atoms with E-state index in [0.29, 0.717) is 0 Å². The number of non-ortho nitro benzene ring substituents is 1. The van der Waals surface area contributed by atoms with Crippen molar-refractivity contribution in [3.8, 4) is 0 Å². The topological polar surface area (TPSA) is 43.1 Å². The molecule has 0 saturated heterocycles. The molecule has 0 aromatic heterocycles. The van der Waals surface area contributed by atoms with Crippen LogP contribution in [0.2, 0.25) is 0 Å². The van der Waals surface area contributed by atoms with E-state index in [1.165, 1.54) is 18.2 Å². The van der Waals surface area contributed by atoms with Crippen molar-refractivity contribution in [3.63, 3.8) is 0 Å². The lowest BCUT2D eigenvalue weighted by Crippen LogP contribution is -2.09. The first kappa shape index (κ1) is 11.3. The maximum absolute atomic E-state index is 11.8. The minimum Gasteiger partial charge on any atom is -0.445 e. The van der Waals surface area contributed by atoms with E-state index < -0.39 is 11.9 Å². The molecule has 0 N–H and O–H groups in total. The predicted octanol–water partition coefficient (Wildman–Crippen LogP) is 2.99. The number of nitro benzene ring substituents is 1. The Morgan fingerprint density at radius 2 is 2.00 bits per heavy atom. The van der Waals surface area contributed by atoms with E-state index in [9.17, 15) is 23.1 Å². The third kappa shape index (κ3) is 3.84. The van der Waals surface area contributed by atoms with Gasteiger partial charge in [-0.25, -0.2) is 0 Å². The molecule has 0 aliphatic rings. The fraction of sp³-hybridized carbons (Fsp3) is 0. The largest absolute Gasteiger partial charge is 0.502 e. The van der Waals surface area contributed by atoms with Crippen molar-refractivity contribution in [2.45, 2.75) is 0 Å². The van der Waals surface area contributed by atoms with E-state index in [1.54, 1.807) is 0 Å². The Hall–Kier alpha value is -1.79. The molecule has 0 radical (unpaired) electrons. The van der Waals surface area contributed by atoms with E-state index >= 15 is 0 Å². The zero-order chi connectivity index (χ0) is 11.5. The quantitative estimate of drug-likeness (QED) is 0.442. The molecule has 0 amide bonds. The molecule has 0 atom stereocenters. The molecular formula is C8H6BF3NO2-. The van der Waals surface area contributed by atoms with Crippen LogP contribution in [0.3, 0.4) is 0 Å². The number of hydrogen-bond acceptors (Lipinski definition) is 2. The van der Waals surface area contributed by atoms with E-state index in [2.05, 4.69) is 0 Å². The van der Waals surface area contributed by atoms with Gasteiger partial charge in [0.05, 0.1) is 4.92 Å². The van der Waals surface area contributed by atoms with Gasteiger partial charge in [-0.05, 0) is 5.56 Å². The van der Waals surface area contributed by atoms with Crippen LogP contribution in [0, 0.1) is 10.1 Å². The summed E-state index contributed by atoms with van der Waals surface area (Å²) in [6, 6.07) is 5.00. The summed E-state index contributed by atoms with van der Waals surface area (Å²) in [4.78, 5) is 9.66. The zero-order valence-corrected chi connectivity index (χ0v) is 7.44. The van der Waals surface area contributed by atoms with Crippen molar-refractivity contribution in [3.05, 3.63) is 45.9 Å². The van der Waals surface area contributed by atoms with Gasteiger partial charge in [0.1, 0.15) is 0 Å². The Morgan fingerprint density at radius 3 is 2.53 bits per heavy atom. The fourth-order valence-electron chi connectivity index (χ4n) is 0.962. The standard InChI is InChI=1S/C8H6BF3NO2/c10-9(11,12)5-4-7-2-1-3-8(6-7)13(14)15/h1-6H/q-1/b5-4+. The Labute approximate surface area is 83.4 Å². The first-order valence-corrected chi connectivity index (χ1v) is 4.02. The SMILES string of the molecule is O=[N+]([O-])c1cccc(/C=C/[B-](F)(F)F)c1. The highest BCUT2D eigenvalue weighted by atomic mass is 19.4. The van der Waals surface area contributed by atoms with E-state index in [1.807, 2.05) is 0 Å². The van der Waals surface area contributed by atoms with Gasteiger partial charge >= 0.3 is 6.98 Å². The average molecular weight is 216 g/mol. The van der Waals surface area contributed by atoms with Crippen LogP contribution in [0.15, 0.2) is 30.2 Å². The maximum Gasteiger partial charge on any atom is 0.502 e. The van der Waals surface area contributed by atoms with Crippen LogP contribution in [-0.2, 0) is 0 Å². The number of halogens is 3. The van der Waals surface area contributed by atoms with Crippen LogP contribution in [0.25, 0.3) is 6.08 Å². The molecule has 0 unspecified atom stereocenters. The molecule has 0 fully saturated rings. The lowest BCUT2D eigenvalue weighted by atomic mass is 9.90. The van der Waals surface area contributed by atoms with E-state index in [4.69, 9.17) is 0 Å². The van der Waals surface area contributed by atoms with Crippen LogP contribution in [0.5, 0.6) is 0 Å². The summed E-state index contributed by atoms with van der Waals surface area (Å²) in [5, 5.41) is 10.3. The molecule has 1 aromatic rings. The predicted molar refractivity (Wildman–Crippen MR) is 51.2 cm³/mol. The summed E-state index contributed by atoms with van der Waals surface area (Å²) in [7, 11) is 0. The maximum atomic E-state index is 11.8. The molecule has 0 spiro atoms. The number of benzene rings is 1. The molecule has 0 heterocycles. The van der Waals surface area contributed by atoms with Gasteiger partial charge in [-0.15, -0.1) is 5.98 Å². The van der Waals surface area contributed by atoms with Crippen molar-refractivity contribution in [1.29, 1.82) is 0 Å². The van der Waals surface area contributed by atoms with E-state index in [-0.39, 0.29) is 17.2 Å². The van der Waals surface area contributed by atoms with Crippen LogP contribution >= 0.6 is 0 Å². The Balaban J connectivity index is 2.92. The Bertz CT molecular complexity index is 403. The summed E-state index contributed by atoms with van der Waals surface area (Å²) in [5.74, 6) is 0.0963. The molecule has 7 heteroatoms. The highest BCUT2D eigenvalue weighted by molar-refractivity contribution is 6.64. The second-order valence-electron chi connectivity index (χ2n) is 2.84. The van der Waals surface area contributed by atoms with Crippen LogP contribution in [0.4, 0.5) is 18.6 Å². The smallest absolute Gasteiger partial charge is 0.445 e. The lowest BCUT2D eigenvalue weighted by Gasteiger charge is -2.05.